The molecule has 0 heterocycles. The van der Waals surface area contributed by atoms with E-state index in [1.165, 1.54) is 6.92 Å². The van der Waals surface area contributed by atoms with E-state index in [1.54, 1.807) is 25.1 Å². The molecule has 7 heteroatoms. The molecule has 0 spiro atoms. The summed E-state index contributed by atoms with van der Waals surface area (Å²) < 4.78 is 0.772. The summed E-state index contributed by atoms with van der Waals surface area (Å²) in [6.07, 6.45) is 0.285. The number of aliphatic carboxylic acids is 1. The number of hydrogen-bond acceptors (Lipinski definition) is 2. The van der Waals surface area contributed by atoms with Crippen molar-refractivity contribution in [2.75, 3.05) is 5.32 Å². The summed E-state index contributed by atoms with van der Waals surface area (Å²) in [6, 6.07) is 4.45. The Labute approximate surface area is 129 Å². The number of benzene rings is 1. The van der Waals surface area contributed by atoms with E-state index in [0.717, 1.165) is 3.57 Å². The normalized spacial score (nSPS) is 13.5. The van der Waals surface area contributed by atoms with Crippen LogP contribution in [0.15, 0.2) is 18.2 Å². The fourth-order valence-electron chi connectivity index (χ4n) is 1.29. The average molecular weight is 397 g/mol. The van der Waals surface area contributed by atoms with E-state index >= 15 is 0 Å². The molecule has 0 aliphatic rings. The molecule has 0 saturated heterocycles. The van der Waals surface area contributed by atoms with E-state index in [2.05, 4.69) is 10.6 Å². The number of carbonyl (C=O) groups excluding carboxylic acids is 1. The Kier molecular flexibility index (Phi) is 5.42. The first-order chi connectivity index (χ1) is 8.78. The zero-order valence-electron chi connectivity index (χ0n) is 10.5. The van der Waals surface area contributed by atoms with Gasteiger partial charge in [0.15, 0.2) is 0 Å². The molecule has 3 N–H and O–H groups in total. The summed E-state index contributed by atoms with van der Waals surface area (Å²) in [7, 11) is 0. The van der Waals surface area contributed by atoms with Gasteiger partial charge in [-0.3, -0.25) is 0 Å². The molecule has 2 amide bonds. The first kappa shape index (κ1) is 16.0. The minimum absolute atomic E-state index is 0.285. The maximum absolute atomic E-state index is 11.8. The van der Waals surface area contributed by atoms with Crippen molar-refractivity contribution in [3.05, 3.63) is 26.8 Å². The van der Waals surface area contributed by atoms with Gasteiger partial charge in [-0.05, 0) is 54.1 Å². The number of carbonyl (C=O) groups is 2. The summed E-state index contributed by atoms with van der Waals surface area (Å²) in [5, 5.41) is 14.7. The van der Waals surface area contributed by atoms with Crippen LogP contribution in [0.4, 0.5) is 10.5 Å². The molecule has 1 aromatic rings. The van der Waals surface area contributed by atoms with Crippen molar-refractivity contribution in [2.24, 2.45) is 0 Å². The first-order valence-electron chi connectivity index (χ1n) is 5.56. The lowest BCUT2D eigenvalue weighted by Gasteiger charge is -2.24. The number of hydrogen-bond donors (Lipinski definition) is 3. The predicted octanol–water partition coefficient (Wildman–Crippen LogP) is 3.32. The van der Waals surface area contributed by atoms with Crippen molar-refractivity contribution in [2.45, 2.75) is 25.8 Å². The molecule has 0 fully saturated rings. The summed E-state index contributed by atoms with van der Waals surface area (Å²) in [5.74, 6) is -1.07. The molecule has 1 aromatic carbocycles. The molecule has 19 heavy (non-hydrogen) atoms. The maximum Gasteiger partial charge on any atom is 0.329 e. The van der Waals surface area contributed by atoms with Gasteiger partial charge in [0.1, 0.15) is 5.54 Å². The Morgan fingerprint density at radius 2 is 2.11 bits per heavy atom. The fraction of sp³-hybridized carbons (Fsp3) is 0.333. The van der Waals surface area contributed by atoms with Crippen molar-refractivity contribution in [3.8, 4) is 0 Å². The van der Waals surface area contributed by atoms with Gasteiger partial charge in [0.25, 0.3) is 0 Å². The van der Waals surface area contributed by atoms with Gasteiger partial charge >= 0.3 is 12.0 Å². The van der Waals surface area contributed by atoms with Crippen LogP contribution >= 0.6 is 34.2 Å². The highest BCUT2D eigenvalue weighted by Crippen LogP contribution is 2.22. The number of anilines is 1. The van der Waals surface area contributed by atoms with Gasteiger partial charge in [-0.1, -0.05) is 18.5 Å². The fourth-order valence-corrected chi connectivity index (χ4v) is 2.29. The van der Waals surface area contributed by atoms with Crippen LogP contribution in [0.1, 0.15) is 20.3 Å². The third kappa shape index (κ3) is 4.24. The van der Waals surface area contributed by atoms with Gasteiger partial charge in [-0.25, -0.2) is 9.59 Å². The molecule has 1 rings (SSSR count). The van der Waals surface area contributed by atoms with Gasteiger partial charge in [-0.15, -0.1) is 0 Å². The monoisotopic (exact) mass is 396 g/mol. The highest BCUT2D eigenvalue weighted by Gasteiger charge is 2.32. The Bertz CT molecular complexity index is 510. The zero-order chi connectivity index (χ0) is 14.6. The highest BCUT2D eigenvalue weighted by molar-refractivity contribution is 14.1. The van der Waals surface area contributed by atoms with E-state index in [0.29, 0.717) is 10.7 Å². The van der Waals surface area contributed by atoms with E-state index in [1.807, 2.05) is 22.6 Å². The molecule has 0 saturated carbocycles. The lowest BCUT2D eigenvalue weighted by atomic mass is 10.00. The summed E-state index contributed by atoms with van der Waals surface area (Å²) in [5.41, 5.74) is -0.714. The van der Waals surface area contributed by atoms with Gasteiger partial charge in [0.05, 0.1) is 5.69 Å². The van der Waals surface area contributed by atoms with Gasteiger partial charge in [0.2, 0.25) is 0 Å². The van der Waals surface area contributed by atoms with Crippen LogP contribution in [0.25, 0.3) is 0 Å². The molecule has 5 nitrogen and oxygen atoms in total. The molecule has 0 aromatic heterocycles. The smallest absolute Gasteiger partial charge is 0.329 e. The standard InChI is InChI=1S/C12H14ClIN2O3/c1-3-12(2,10(17)18)16-11(19)15-9-5-4-7(13)6-8(9)14/h4-6H,3H2,1-2H3,(H,17,18)(H2,15,16,19). The lowest BCUT2D eigenvalue weighted by Crippen LogP contribution is -2.53. The molecular weight excluding hydrogens is 383 g/mol. The minimum atomic E-state index is -1.29. The van der Waals surface area contributed by atoms with E-state index in [-0.39, 0.29) is 6.42 Å². The molecule has 0 aliphatic carbocycles. The second-order valence-electron chi connectivity index (χ2n) is 4.19. The van der Waals surface area contributed by atoms with Crippen molar-refractivity contribution < 1.29 is 14.7 Å². The second kappa shape index (κ2) is 6.42. The van der Waals surface area contributed by atoms with Gasteiger partial charge in [0, 0.05) is 8.59 Å². The average Bonchev–Trinajstić information content (AvgIpc) is 2.32. The maximum atomic E-state index is 11.8. The van der Waals surface area contributed by atoms with Crippen LogP contribution in [-0.2, 0) is 4.79 Å². The number of rotatable bonds is 4. The van der Waals surface area contributed by atoms with Crippen molar-refractivity contribution in [1.82, 2.24) is 5.32 Å². The van der Waals surface area contributed by atoms with Crippen LogP contribution in [0.5, 0.6) is 0 Å². The third-order valence-corrected chi connectivity index (χ3v) is 3.88. The van der Waals surface area contributed by atoms with E-state index in [4.69, 9.17) is 16.7 Å². The van der Waals surface area contributed by atoms with Crippen LogP contribution in [0, 0.1) is 3.57 Å². The van der Waals surface area contributed by atoms with Crippen LogP contribution < -0.4 is 10.6 Å². The zero-order valence-corrected chi connectivity index (χ0v) is 13.4. The van der Waals surface area contributed by atoms with Crippen LogP contribution in [0.3, 0.4) is 0 Å². The number of nitrogens with one attached hydrogen (secondary N) is 2. The summed E-state index contributed by atoms with van der Waals surface area (Å²) in [6.45, 7) is 3.15. The molecule has 104 valence electrons. The molecule has 0 aliphatic heterocycles. The molecule has 1 unspecified atom stereocenters. The molecular formula is C12H14ClIN2O3. The summed E-state index contributed by atoms with van der Waals surface area (Å²) >= 11 is 7.85. The molecule has 0 bridgehead atoms. The van der Waals surface area contributed by atoms with E-state index in [9.17, 15) is 9.59 Å². The van der Waals surface area contributed by atoms with Crippen LogP contribution in [-0.4, -0.2) is 22.6 Å². The quantitative estimate of drug-likeness (QED) is 0.683. The number of halogens is 2. The van der Waals surface area contributed by atoms with Crippen molar-refractivity contribution in [3.63, 3.8) is 0 Å². The number of amides is 2. The Morgan fingerprint density at radius 1 is 1.47 bits per heavy atom. The summed E-state index contributed by atoms with van der Waals surface area (Å²) in [4.78, 5) is 22.9. The van der Waals surface area contributed by atoms with Crippen molar-refractivity contribution >= 4 is 51.9 Å². The van der Waals surface area contributed by atoms with E-state index < -0.39 is 17.5 Å². The topological polar surface area (TPSA) is 78.4 Å². The number of urea groups is 1. The highest BCUT2D eigenvalue weighted by atomic mass is 127. The lowest BCUT2D eigenvalue weighted by molar-refractivity contribution is -0.143. The van der Waals surface area contributed by atoms with Gasteiger partial charge < -0.3 is 15.7 Å². The second-order valence-corrected chi connectivity index (χ2v) is 5.79. The van der Waals surface area contributed by atoms with Crippen molar-refractivity contribution in [1.29, 1.82) is 0 Å². The Balaban J connectivity index is 2.78. The Morgan fingerprint density at radius 3 is 2.58 bits per heavy atom. The number of carboxylic acid groups (broad SMARTS) is 1. The third-order valence-electron chi connectivity index (χ3n) is 2.75. The molecule has 1 atom stereocenters. The number of carboxylic acids is 1. The first-order valence-corrected chi connectivity index (χ1v) is 7.02. The van der Waals surface area contributed by atoms with Gasteiger partial charge in [-0.2, -0.15) is 0 Å². The Hall–Kier alpha value is -1.02. The largest absolute Gasteiger partial charge is 0.480 e. The predicted molar refractivity (Wildman–Crippen MR) is 82.7 cm³/mol. The molecule has 0 radical (unpaired) electrons. The minimum Gasteiger partial charge on any atom is -0.480 e. The SMILES string of the molecule is CCC(C)(NC(=O)Nc1ccc(Cl)cc1I)C(=O)O. The van der Waals surface area contributed by atoms with Crippen LogP contribution in [0.2, 0.25) is 5.02 Å².